The molecule has 66 valence electrons. The molecule has 1 rings (SSSR count). The molecular weight excluding hydrogens is 177 g/mol. The first kappa shape index (κ1) is 9.49. The van der Waals surface area contributed by atoms with E-state index in [0.717, 1.165) is 0 Å². The van der Waals surface area contributed by atoms with Crippen molar-refractivity contribution >= 4 is 11.6 Å². The lowest BCUT2D eigenvalue weighted by atomic mass is 10.1. The molecule has 1 nitrogen and oxygen atoms in total. The highest BCUT2D eigenvalue weighted by Gasteiger charge is 2.04. The number of rotatable bonds is 2. The van der Waals surface area contributed by atoms with E-state index in [0.29, 0.717) is 17.0 Å². The third-order valence-electron chi connectivity index (χ3n) is 1.56. The molecule has 0 spiro atoms. The maximum absolute atomic E-state index is 13.1. The van der Waals surface area contributed by atoms with Gasteiger partial charge in [0.25, 0.3) is 0 Å². The van der Waals surface area contributed by atoms with Crippen molar-refractivity contribution in [2.24, 2.45) is 5.73 Å². The summed E-state index contributed by atoms with van der Waals surface area (Å²) in [4.78, 5) is 0. The summed E-state index contributed by atoms with van der Waals surface area (Å²) < 4.78 is 13.1. The minimum atomic E-state index is -0.278. The van der Waals surface area contributed by atoms with E-state index in [4.69, 9.17) is 17.3 Å². The summed E-state index contributed by atoms with van der Waals surface area (Å²) in [6, 6.07) is 4.61. The minimum absolute atomic E-state index is 0.0272. The zero-order valence-electron chi connectivity index (χ0n) is 6.85. The normalized spacial score (nSPS) is 13.0. The highest BCUT2D eigenvalue weighted by molar-refractivity contribution is 6.30. The van der Waals surface area contributed by atoms with Gasteiger partial charge in [0.2, 0.25) is 0 Å². The summed E-state index contributed by atoms with van der Waals surface area (Å²) in [7, 11) is 0. The van der Waals surface area contributed by atoms with Gasteiger partial charge in [0.05, 0.1) is 0 Å². The van der Waals surface area contributed by atoms with Gasteiger partial charge in [0.1, 0.15) is 5.82 Å². The Hall–Kier alpha value is -0.600. The summed E-state index contributed by atoms with van der Waals surface area (Å²) in [6.45, 7) is 1.84. The van der Waals surface area contributed by atoms with E-state index < -0.39 is 0 Å². The van der Waals surface area contributed by atoms with Crippen LogP contribution in [0, 0.1) is 5.82 Å². The molecule has 12 heavy (non-hydrogen) atoms. The van der Waals surface area contributed by atoms with Crippen LogP contribution in [-0.4, -0.2) is 6.04 Å². The van der Waals surface area contributed by atoms with Crippen molar-refractivity contribution in [2.75, 3.05) is 0 Å². The van der Waals surface area contributed by atoms with Crippen molar-refractivity contribution < 1.29 is 4.39 Å². The summed E-state index contributed by atoms with van der Waals surface area (Å²) in [5, 5.41) is 0.418. The van der Waals surface area contributed by atoms with Crippen molar-refractivity contribution in [3.8, 4) is 0 Å². The van der Waals surface area contributed by atoms with Crippen LogP contribution in [-0.2, 0) is 6.42 Å². The fraction of sp³-hybridized carbons (Fsp3) is 0.333. The fourth-order valence-corrected chi connectivity index (χ4v) is 1.19. The quantitative estimate of drug-likeness (QED) is 0.756. The Bertz CT molecular complexity index is 273. The predicted molar refractivity (Wildman–Crippen MR) is 48.8 cm³/mol. The molecule has 0 unspecified atom stereocenters. The van der Waals surface area contributed by atoms with Crippen LogP contribution >= 0.6 is 11.6 Å². The van der Waals surface area contributed by atoms with E-state index in [1.54, 1.807) is 12.1 Å². The first-order valence-corrected chi connectivity index (χ1v) is 4.17. The highest BCUT2D eigenvalue weighted by atomic mass is 35.5. The number of halogens is 2. The van der Waals surface area contributed by atoms with Gasteiger partial charge in [-0.05, 0) is 31.0 Å². The second kappa shape index (κ2) is 3.87. The maximum Gasteiger partial charge on any atom is 0.127 e. The van der Waals surface area contributed by atoms with Crippen molar-refractivity contribution in [3.63, 3.8) is 0 Å². The predicted octanol–water partition coefficient (Wildman–Crippen LogP) is 2.37. The first-order chi connectivity index (χ1) is 5.59. The van der Waals surface area contributed by atoms with Gasteiger partial charge in [-0.25, -0.2) is 4.39 Å². The Balaban J connectivity index is 2.86. The van der Waals surface area contributed by atoms with Crippen molar-refractivity contribution in [1.82, 2.24) is 0 Å². The van der Waals surface area contributed by atoms with Crippen LogP contribution < -0.4 is 5.73 Å². The molecule has 0 bridgehead atoms. The van der Waals surface area contributed by atoms with Gasteiger partial charge in [0.15, 0.2) is 0 Å². The Morgan fingerprint density at radius 3 is 2.75 bits per heavy atom. The lowest BCUT2D eigenvalue weighted by Crippen LogP contribution is -2.18. The monoisotopic (exact) mass is 187 g/mol. The molecule has 1 aromatic rings. The van der Waals surface area contributed by atoms with Gasteiger partial charge >= 0.3 is 0 Å². The fourth-order valence-electron chi connectivity index (χ4n) is 1.03. The Morgan fingerprint density at radius 2 is 2.25 bits per heavy atom. The van der Waals surface area contributed by atoms with E-state index in [-0.39, 0.29) is 11.9 Å². The molecule has 0 fully saturated rings. The summed E-state index contributed by atoms with van der Waals surface area (Å²) in [5.41, 5.74) is 6.15. The molecule has 0 heterocycles. The molecule has 0 aromatic heterocycles. The number of hydrogen-bond donors (Lipinski definition) is 1. The summed E-state index contributed by atoms with van der Waals surface area (Å²) in [5.74, 6) is -0.278. The summed E-state index contributed by atoms with van der Waals surface area (Å²) in [6.07, 6.45) is 0.545. The summed E-state index contributed by atoms with van der Waals surface area (Å²) >= 11 is 5.58. The molecule has 0 saturated heterocycles. The Morgan fingerprint density at radius 1 is 1.58 bits per heavy atom. The average molecular weight is 188 g/mol. The first-order valence-electron chi connectivity index (χ1n) is 3.79. The van der Waals surface area contributed by atoms with Crippen molar-refractivity contribution in [2.45, 2.75) is 19.4 Å². The highest BCUT2D eigenvalue weighted by Crippen LogP contribution is 2.15. The standard InChI is InChI=1S/C9H11ClFN/c1-6(12)4-7-2-3-8(10)5-9(7)11/h2-3,5-6H,4,12H2,1H3/t6-/m0/s1. The van der Waals surface area contributed by atoms with Crippen LogP contribution in [0.1, 0.15) is 12.5 Å². The largest absolute Gasteiger partial charge is 0.328 e. The second-order valence-corrected chi connectivity index (χ2v) is 3.35. The second-order valence-electron chi connectivity index (χ2n) is 2.92. The van der Waals surface area contributed by atoms with Crippen LogP contribution in [0.25, 0.3) is 0 Å². The lowest BCUT2D eigenvalue weighted by molar-refractivity contribution is 0.596. The number of benzene rings is 1. The number of hydrogen-bond acceptors (Lipinski definition) is 1. The molecule has 1 atom stereocenters. The number of nitrogens with two attached hydrogens (primary N) is 1. The van der Waals surface area contributed by atoms with Gasteiger partial charge in [-0.1, -0.05) is 17.7 Å². The van der Waals surface area contributed by atoms with E-state index >= 15 is 0 Å². The van der Waals surface area contributed by atoms with E-state index in [9.17, 15) is 4.39 Å². The van der Waals surface area contributed by atoms with Crippen LogP contribution in [0.2, 0.25) is 5.02 Å². The van der Waals surface area contributed by atoms with Crippen LogP contribution in [0.5, 0.6) is 0 Å². The van der Waals surface area contributed by atoms with Crippen LogP contribution in [0.4, 0.5) is 4.39 Å². The Kier molecular flexibility index (Phi) is 3.06. The van der Waals surface area contributed by atoms with Gasteiger partial charge in [-0.15, -0.1) is 0 Å². The molecule has 0 amide bonds. The van der Waals surface area contributed by atoms with E-state index in [1.807, 2.05) is 6.92 Å². The van der Waals surface area contributed by atoms with Gasteiger partial charge in [-0.2, -0.15) is 0 Å². The van der Waals surface area contributed by atoms with Crippen LogP contribution in [0.3, 0.4) is 0 Å². The zero-order valence-corrected chi connectivity index (χ0v) is 7.61. The topological polar surface area (TPSA) is 26.0 Å². The van der Waals surface area contributed by atoms with Gasteiger partial charge in [0, 0.05) is 11.1 Å². The van der Waals surface area contributed by atoms with E-state index in [1.165, 1.54) is 6.07 Å². The third-order valence-corrected chi connectivity index (χ3v) is 1.79. The SMILES string of the molecule is C[C@H](N)Cc1ccc(Cl)cc1F. The molecule has 0 aliphatic carbocycles. The minimum Gasteiger partial charge on any atom is -0.328 e. The third kappa shape index (κ3) is 2.47. The zero-order chi connectivity index (χ0) is 9.14. The molecule has 0 radical (unpaired) electrons. The van der Waals surface area contributed by atoms with Gasteiger partial charge < -0.3 is 5.73 Å². The smallest absolute Gasteiger partial charge is 0.127 e. The molecule has 0 saturated carbocycles. The molecule has 3 heteroatoms. The molecule has 0 aliphatic heterocycles. The average Bonchev–Trinajstić information content (AvgIpc) is 1.94. The molecule has 0 aliphatic rings. The van der Waals surface area contributed by atoms with Crippen LogP contribution in [0.15, 0.2) is 18.2 Å². The Labute approximate surface area is 76.3 Å². The van der Waals surface area contributed by atoms with Gasteiger partial charge in [-0.3, -0.25) is 0 Å². The van der Waals surface area contributed by atoms with Crippen molar-refractivity contribution in [1.29, 1.82) is 0 Å². The lowest BCUT2D eigenvalue weighted by Gasteiger charge is -2.05. The van der Waals surface area contributed by atoms with Crippen molar-refractivity contribution in [3.05, 3.63) is 34.6 Å². The molecule has 2 N–H and O–H groups in total. The molecule has 1 aromatic carbocycles. The van der Waals surface area contributed by atoms with E-state index in [2.05, 4.69) is 0 Å². The maximum atomic E-state index is 13.1. The molecular formula is C9H11ClFN.